The Hall–Kier alpha value is -1.47. The highest BCUT2D eigenvalue weighted by Crippen LogP contribution is 2.34. The third-order valence-corrected chi connectivity index (χ3v) is 2.13. The van der Waals surface area contributed by atoms with E-state index in [1.54, 1.807) is 12.1 Å². The molecule has 3 nitrogen and oxygen atoms in total. The molecule has 0 aliphatic rings. The van der Waals surface area contributed by atoms with Crippen molar-refractivity contribution in [3.05, 3.63) is 22.2 Å². The quantitative estimate of drug-likeness (QED) is 0.613. The lowest BCUT2D eigenvalue weighted by molar-refractivity contribution is -0.103. The van der Waals surface area contributed by atoms with Crippen molar-refractivity contribution in [2.24, 2.45) is 0 Å². The lowest BCUT2D eigenvalue weighted by Crippen LogP contribution is -1.86. The van der Waals surface area contributed by atoms with Gasteiger partial charge < -0.3 is 9.84 Å². The zero-order valence-electron chi connectivity index (χ0n) is 7.37. The van der Waals surface area contributed by atoms with Gasteiger partial charge in [0.15, 0.2) is 17.8 Å². The van der Waals surface area contributed by atoms with Crippen LogP contribution in [0.3, 0.4) is 0 Å². The zero-order valence-corrected chi connectivity index (χ0v) is 8.96. The van der Waals surface area contributed by atoms with E-state index < -0.39 is 0 Å². The van der Waals surface area contributed by atoms with Gasteiger partial charge in [0.1, 0.15) is 0 Å². The Kier molecular flexibility index (Phi) is 3.55. The van der Waals surface area contributed by atoms with Crippen LogP contribution in [0, 0.1) is 11.8 Å². The van der Waals surface area contributed by atoms with Crippen LogP contribution in [-0.4, -0.2) is 18.5 Å². The second-order valence-corrected chi connectivity index (χ2v) is 3.25. The molecular weight excluding hydrogens is 248 g/mol. The first-order valence-electron chi connectivity index (χ1n) is 3.70. The van der Waals surface area contributed by atoms with Crippen molar-refractivity contribution >= 4 is 22.2 Å². The van der Waals surface area contributed by atoms with Crippen LogP contribution >= 0.6 is 15.9 Å². The second kappa shape index (κ2) is 4.68. The summed E-state index contributed by atoms with van der Waals surface area (Å²) in [5.41, 5.74) is 0.596. The Bertz CT molecular complexity index is 415. The lowest BCUT2D eigenvalue weighted by Gasteiger charge is -2.05. The van der Waals surface area contributed by atoms with Crippen molar-refractivity contribution in [2.75, 3.05) is 7.11 Å². The maximum Gasteiger partial charge on any atom is 0.193 e. The van der Waals surface area contributed by atoms with Crippen LogP contribution in [0.2, 0.25) is 0 Å². The summed E-state index contributed by atoms with van der Waals surface area (Å²) >= 11 is 3.14. The summed E-state index contributed by atoms with van der Waals surface area (Å²) in [4.78, 5) is 10.0. The normalized spacial score (nSPS) is 8.71. The van der Waals surface area contributed by atoms with Crippen LogP contribution in [0.15, 0.2) is 16.6 Å². The smallest absolute Gasteiger partial charge is 0.193 e. The first-order valence-corrected chi connectivity index (χ1v) is 4.50. The fourth-order valence-corrected chi connectivity index (χ4v) is 1.36. The highest BCUT2D eigenvalue weighted by Gasteiger charge is 2.06. The minimum absolute atomic E-state index is 0.0177. The molecule has 1 rings (SSSR count). The molecule has 1 N–H and O–H groups in total. The number of carbonyl (C=O) groups is 1. The van der Waals surface area contributed by atoms with Crippen LogP contribution in [0.25, 0.3) is 0 Å². The summed E-state index contributed by atoms with van der Waals surface area (Å²) in [5, 5.41) is 9.46. The van der Waals surface area contributed by atoms with Gasteiger partial charge in [-0.3, -0.25) is 4.79 Å². The Labute approximate surface area is 89.8 Å². The molecule has 0 aliphatic carbocycles. The summed E-state index contributed by atoms with van der Waals surface area (Å²) in [6.45, 7) is 0. The standard InChI is InChI=1S/C10H7BrO3/c1-14-9-6-7(3-2-4-12)5-8(11)10(9)13/h4-6,13H,1H3. The van der Waals surface area contributed by atoms with Gasteiger partial charge in [0.2, 0.25) is 0 Å². The number of aromatic hydroxyl groups is 1. The van der Waals surface area contributed by atoms with Gasteiger partial charge in [-0.2, -0.15) is 0 Å². The van der Waals surface area contributed by atoms with Gasteiger partial charge >= 0.3 is 0 Å². The number of methoxy groups -OCH3 is 1. The molecule has 0 amide bonds. The van der Waals surface area contributed by atoms with Crippen molar-refractivity contribution in [3.8, 4) is 23.3 Å². The molecule has 0 unspecified atom stereocenters. The van der Waals surface area contributed by atoms with E-state index in [2.05, 4.69) is 27.8 Å². The first-order chi connectivity index (χ1) is 6.69. The van der Waals surface area contributed by atoms with Crippen LogP contribution in [0.5, 0.6) is 11.5 Å². The van der Waals surface area contributed by atoms with Crippen molar-refractivity contribution in [1.29, 1.82) is 0 Å². The lowest BCUT2D eigenvalue weighted by atomic mass is 10.2. The highest BCUT2D eigenvalue weighted by atomic mass is 79.9. The number of rotatable bonds is 1. The van der Waals surface area contributed by atoms with Crippen LogP contribution in [-0.2, 0) is 4.79 Å². The number of phenols is 1. The number of aldehydes is 1. The summed E-state index contributed by atoms with van der Waals surface area (Å²) in [6.07, 6.45) is 0.507. The Morgan fingerprint density at radius 3 is 2.86 bits per heavy atom. The van der Waals surface area contributed by atoms with Crippen molar-refractivity contribution < 1.29 is 14.6 Å². The van der Waals surface area contributed by atoms with E-state index in [4.69, 9.17) is 4.74 Å². The van der Waals surface area contributed by atoms with Crippen molar-refractivity contribution in [2.45, 2.75) is 0 Å². The third-order valence-electron chi connectivity index (χ3n) is 1.52. The fraction of sp³-hybridized carbons (Fsp3) is 0.100. The average Bonchev–Trinajstić information content (AvgIpc) is 2.19. The topological polar surface area (TPSA) is 46.5 Å². The van der Waals surface area contributed by atoms with E-state index in [1.165, 1.54) is 7.11 Å². The van der Waals surface area contributed by atoms with Gasteiger partial charge in [-0.1, -0.05) is 5.92 Å². The molecule has 0 saturated carbocycles. The van der Waals surface area contributed by atoms with Gasteiger partial charge in [-0.25, -0.2) is 0 Å². The first kappa shape index (κ1) is 10.6. The number of carbonyl (C=O) groups excluding carboxylic acids is 1. The molecule has 0 fully saturated rings. The molecule has 0 spiro atoms. The van der Waals surface area contributed by atoms with Crippen LogP contribution in [0.1, 0.15) is 5.56 Å². The predicted molar refractivity (Wildman–Crippen MR) is 55.3 cm³/mol. The maximum absolute atomic E-state index is 10.0. The molecule has 1 aromatic rings. The number of phenolic OH excluding ortho intramolecular Hbond substituents is 1. The number of hydrogen-bond acceptors (Lipinski definition) is 3. The van der Waals surface area contributed by atoms with Gasteiger partial charge in [0.25, 0.3) is 0 Å². The number of benzene rings is 1. The molecule has 0 bridgehead atoms. The van der Waals surface area contributed by atoms with E-state index in [1.807, 2.05) is 0 Å². The minimum atomic E-state index is 0.0177. The molecular formula is C10H7BrO3. The molecule has 0 radical (unpaired) electrons. The predicted octanol–water partition coefficient (Wildman–Crippen LogP) is 1.71. The molecule has 72 valence electrons. The Balaban J connectivity index is 3.22. The monoisotopic (exact) mass is 254 g/mol. The summed E-state index contributed by atoms with van der Waals surface area (Å²) in [5.74, 6) is 5.20. The molecule has 4 heteroatoms. The molecule has 0 atom stereocenters. The summed E-state index contributed by atoms with van der Waals surface area (Å²) in [6, 6.07) is 3.16. The molecule has 0 aromatic heterocycles. The number of hydrogen-bond donors (Lipinski definition) is 1. The van der Waals surface area contributed by atoms with E-state index in [-0.39, 0.29) is 5.75 Å². The fourth-order valence-electron chi connectivity index (χ4n) is 0.914. The Morgan fingerprint density at radius 2 is 2.29 bits per heavy atom. The SMILES string of the molecule is COc1cc(C#CC=O)cc(Br)c1O. The third kappa shape index (κ3) is 2.27. The largest absolute Gasteiger partial charge is 0.503 e. The maximum atomic E-state index is 10.0. The summed E-state index contributed by atoms with van der Waals surface area (Å²) < 4.78 is 5.39. The minimum Gasteiger partial charge on any atom is -0.503 e. The van der Waals surface area contributed by atoms with E-state index >= 15 is 0 Å². The molecule has 14 heavy (non-hydrogen) atoms. The highest BCUT2D eigenvalue weighted by molar-refractivity contribution is 9.10. The zero-order chi connectivity index (χ0) is 10.6. The van der Waals surface area contributed by atoms with Gasteiger partial charge in [-0.15, -0.1) is 0 Å². The van der Waals surface area contributed by atoms with Gasteiger partial charge in [0.05, 0.1) is 11.6 Å². The summed E-state index contributed by atoms with van der Waals surface area (Å²) in [7, 11) is 1.44. The van der Waals surface area contributed by atoms with E-state index in [9.17, 15) is 9.90 Å². The Morgan fingerprint density at radius 1 is 1.57 bits per heavy atom. The molecule has 0 aliphatic heterocycles. The molecule has 0 heterocycles. The van der Waals surface area contributed by atoms with Crippen LogP contribution in [0.4, 0.5) is 0 Å². The van der Waals surface area contributed by atoms with Crippen molar-refractivity contribution in [1.82, 2.24) is 0 Å². The van der Waals surface area contributed by atoms with E-state index in [0.717, 1.165) is 0 Å². The van der Waals surface area contributed by atoms with Gasteiger partial charge in [0, 0.05) is 5.56 Å². The molecule has 1 aromatic carbocycles. The number of halogens is 1. The second-order valence-electron chi connectivity index (χ2n) is 2.40. The molecule has 0 saturated heterocycles. The number of ether oxygens (including phenoxy) is 1. The van der Waals surface area contributed by atoms with Crippen molar-refractivity contribution in [3.63, 3.8) is 0 Å². The van der Waals surface area contributed by atoms with Crippen LogP contribution < -0.4 is 4.74 Å². The average molecular weight is 255 g/mol. The van der Waals surface area contributed by atoms with E-state index in [0.29, 0.717) is 22.1 Å². The van der Waals surface area contributed by atoms with Gasteiger partial charge in [-0.05, 0) is 34.0 Å².